The van der Waals surface area contributed by atoms with Crippen molar-refractivity contribution in [3.63, 3.8) is 0 Å². The summed E-state index contributed by atoms with van der Waals surface area (Å²) in [5.74, 6) is 0.167. The summed E-state index contributed by atoms with van der Waals surface area (Å²) in [5, 5.41) is 2.76. The molecule has 1 heterocycles. The molecular weight excluding hydrogens is 250 g/mol. The van der Waals surface area contributed by atoms with Crippen molar-refractivity contribution in [3.05, 3.63) is 48.5 Å². The molecule has 0 fully saturated rings. The van der Waals surface area contributed by atoms with Crippen LogP contribution in [0.3, 0.4) is 0 Å². The van der Waals surface area contributed by atoms with Crippen molar-refractivity contribution in [2.45, 2.75) is 45.4 Å². The third kappa shape index (κ3) is 7.62. The molecule has 0 saturated carbocycles. The van der Waals surface area contributed by atoms with Crippen LogP contribution in [0.15, 0.2) is 47.1 Å². The standard InChI is InChI=1S/C17H25NO2/c1-2-3-4-5-6-7-8-9-10-11-14-18-17(19)16-13-12-15-20-16/h8-13,15H,2-7,14H2,1H3,(H,18,19)/b9-8+,11-10+. The minimum atomic E-state index is -0.181. The zero-order chi connectivity index (χ0) is 14.5. The lowest BCUT2D eigenvalue weighted by Crippen LogP contribution is -2.22. The molecule has 0 radical (unpaired) electrons. The first kappa shape index (κ1) is 16.3. The highest BCUT2D eigenvalue weighted by Gasteiger charge is 2.05. The van der Waals surface area contributed by atoms with Crippen LogP contribution < -0.4 is 5.32 Å². The van der Waals surface area contributed by atoms with Gasteiger partial charge >= 0.3 is 0 Å². The number of amides is 1. The number of hydrogen-bond acceptors (Lipinski definition) is 2. The molecule has 0 spiro atoms. The molecule has 0 aromatic carbocycles. The lowest BCUT2D eigenvalue weighted by molar-refractivity contribution is 0.0930. The summed E-state index contributed by atoms with van der Waals surface area (Å²) < 4.78 is 5.00. The summed E-state index contributed by atoms with van der Waals surface area (Å²) >= 11 is 0. The van der Waals surface area contributed by atoms with Gasteiger partial charge < -0.3 is 9.73 Å². The molecule has 0 aliphatic carbocycles. The smallest absolute Gasteiger partial charge is 0.287 e. The van der Waals surface area contributed by atoms with E-state index in [0.717, 1.165) is 6.42 Å². The molecule has 110 valence electrons. The molecule has 3 nitrogen and oxygen atoms in total. The van der Waals surface area contributed by atoms with Crippen LogP contribution in [-0.2, 0) is 0 Å². The number of carbonyl (C=O) groups excluding carboxylic acids is 1. The van der Waals surface area contributed by atoms with E-state index in [1.54, 1.807) is 12.1 Å². The average Bonchev–Trinajstić information content (AvgIpc) is 2.99. The van der Waals surface area contributed by atoms with Crippen molar-refractivity contribution in [2.24, 2.45) is 0 Å². The Morgan fingerprint density at radius 2 is 2.00 bits per heavy atom. The second kappa shape index (κ2) is 11.1. The van der Waals surface area contributed by atoms with Gasteiger partial charge in [-0.3, -0.25) is 4.79 Å². The van der Waals surface area contributed by atoms with Crippen LogP contribution in [-0.4, -0.2) is 12.5 Å². The largest absolute Gasteiger partial charge is 0.459 e. The first-order chi connectivity index (χ1) is 9.84. The van der Waals surface area contributed by atoms with Crippen molar-refractivity contribution in [1.29, 1.82) is 0 Å². The Kier molecular flexibility index (Phi) is 9.03. The van der Waals surface area contributed by atoms with Crippen molar-refractivity contribution >= 4 is 5.91 Å². The molecule has 0 unspecified atom stereocenters. The number of nitrogens with one attached hydrogen (secondary N) is 1. The van der Waals surface area contributed by atoms with E-state index in [0.29, 0.717) is 12.3 Å². The van der Waals surface area contributed by atoms with E-state index in [-0.39, 0.29) is 5.91 Å². The van der Waals surface area contributed by atoms with E-state index in [1.807, 2.05) is 18.2 Å². The molecule has 0 aliphatic heterocycles. The fraction of sp³-hybridized carbons (Fsp3) is 0.471. The molecule has 1 N–H and O–H groups in total. The van der Waals surface area contributed by atoms with E-state index >= 15 is 0 Å². The Bertz CT molecular complexity index is 405. The van der Waals surface area contributed by atoms with Gasteiger partial charge in [0.2, 0.25) is 0 Å². The zero-order valence-corrected chi connectivity index (χ0v) is 12.3. The van der Waals surface area contributed by atoms with Crippen molar-refractivity contribution in [2.75, 3.05) is 6.54 Å². The quantitative estimate of drug-likeness (QED) is 0.505. The van der Waals surface area contributed by atoms with E-state index in [4.69, 9.17) is 4.42 Å². The normalized spacial score (nSPS) is 11.4. The average molecular weight is 275 g/mol. The Morgan fingerprint density at radius 3 is 2.75 bits per heavy atom. The molecule has 20 heavy (non-hydrogen) atoms. The predicted molar refractivity (Wildman–Crippen MR) is 82.7 cm³/mol. The third-order valence-corrected chi connectivity index (χ3v) is 2.98. The Balaban J connectivity index is 2.00. The number of allylic oxidation sites excluding steroid dienone is 3. The topological polar surface area (TPSA) is 42.2 Å². The van der Waals surface area contributed by atoms with Crippen LogP contribution in [0, 0.1) is 0 Å². The molecule has 0 aliphatic rings. The first-order valence-corrected chi connectivity index (χ1v) is 7.48. The number of rotatable bonds is 10. The van der Waals surface area contributed by atoms with E-state index in [2.05, 4.69) is 18.3 Å². The first-order valence-electron chi connectivity index (χ1n) is 7.48. The molecule has 1 rings (SSSR count). The van der Waals surface area contributed by atoms with Crippen molar-refractivity contribution < 1.29 is 9.21 Å². The van der Waals surface area contributed by atoms with Crippen LogP contribution in [0.2, 0.25) is 0 Å². The number of unbranched alkanes of at least 4 members (excludes halogenated alkanes) is 5. The predicted octanol–water partition coefficient (Wildman–Crippen LogP) is 4.48. The summed E-state index contributed by atoms with van der Waals surface area (Å²) in [4.78, 5) is 11.5. The van der Waals surface area contributed by atoms with Gasteiger partial charge in [0, 0.05) is 6.54 Å². The highest BCUT2D eigenvalue weighted by atomic mass is 16.3. The maximum absolute atomic E-state index is 11.5. The van der Waals surface area contributed by atoms with E-state index in [9.17, 15) is 4.79 Å². The van der Waals surface area contributed by atoms with Crippen LogP contribution in [0.1, 0.15) is 56.0 Å². The van der Waals surface area contributed by atoms with Gasteiger partial charge in [0.15, 0.2) is 5.76 Å². The third-order valence-electron chi connectivity index (χ3n) is 2.98. The van der Waals surface area contributed by atoms with E-state index in [1.165, 1.54) is 38.4 Å². The molecule has 1 aromatic heterocycles. The summed E-state index contributed by atoms with van der Waals surface area (Å²) in [5.41, 5.74) is 0. The lowest BCUT2D eigenvalue weighted by atomic mass is 10.1. The van der Waals surface area contributed by atoms with Gasteiger partial charge in [0.25, 0.3) is 5.91 Å². The Labute approximate surface area is 121 Å². The molecule has 0 bridgehead atoms. The minimum absolute atomic E-state index is 0.181. The second-order valence-corrected chi connectivity index (χ2v) is 4.75. The number of hydrogen-bond donors (Lipinski definition) is 1. The highest BCUT2D eigenvalue weighted by Crippen LogP contribution is 2.05. The zero-order valence-electron chi connectivity index (χ0n) is 12.3. The summed E-state index contributed by atoms with van der Waals surface area (Å²) in [6.45, 7) is 2.75. The molecule has 0 saturated heterocycles. The van der Waals surface area contributed by atoms with Crippen LogP contribution in [0.4, 0.5) is 0 Å². The second-order valence-electron chi connectivity index (χ2n) is 4.75. The van der Waals surface area contributed by atoms with Crippen molar-refractivity contribution in [3.8, 4) is 0 Å². The van der Waals surface area contributed by atoms with E-state index < -0.39 is 0 Å². The van der Waals surface area contributed by atoms with Gasteiger partial charge in [-0.1, -0.05) is 56.9 Å². The molecule has 1 aromatic rings. The summed E-state index contributed by atoms with van der Waals surface area (Å²) in [6, 6.07) is 3.35. The highest BCUT2D eigenvalue weighted by molar-refractivity contribution is 5.91. The maximum atomic E-state index is 11.5. The molecule has 0 atom stereocenters. The fourth-order valence-corrected chi connectivity index (χ4v) is 1.83. The summed E-state index contributed by atoms with van der Waals surface area (Å²) in [7, 11) is 0. The van der Waals surface area contributed by atoms with Crippen LogP contribution in [0.25, 0.3) is 0 Å². The van der Waals surface area contributed by atoms with Gasteiger partial charge in [-0.25, -0.2) is 0 Å². The van der Waals surface area contributed by atoms with Gasteiger partial charge in [0.1, 0.15) is 0 Å². The van der Waals surface area contributed by atoms with Gasteiger partial charge in [0.05, 0.1) is 6.26 Å². The molecular formula is C17H25NO2. The summed E-state index contributed by atoms with van der Waals surface area (Å²) in [6.07, 6.45) is 17.3. The van der Waals surface area contributed by atoms with Crippen LogP contribution in [0.5, 0.6) is 0 Å². The maximum Gasteiger partial charge on any atom is 0.287 e. The molecule has 3 heteroatoms. The van der Waals surface area contributed by atoms with Gasteiger partial charge in [-0.05, 0) is 25.0 Å². The van der Waals surface area contributed by atoms with Crippen LogP contribution >= 0.6 is 0 Å². The molecule has 1 amide bonds. The minimum Gasteiger partial charge on any atom is -0.459 e. The lowest BCUT2D eigenvalue weighted by Gasteiger charge is -1.97. The number of carbonyl (C=O) groups is 1. The number of furan rings is 1. The fourth-order valence-electron chi connectivity index (χ4n) is 1.83. The van der Waals surface area contributed by atoms with Crippen molar-refractivity contribution in [1.82, 2.24) is 5.32 Å². The van der Waals surface area contributed by atoms with Gasteiger partial charge in [-0.15, -0.1) is 0 Å². The Hall–Kier alpha value is -1.77. The Morgan fingerprint density at radius 1 is 1.20 bits per heavy atom. The SMILES string of the molecule is CCCCCCC/C=C/C=C/CNC(=O)c1ccco1. The monoisotopic (exact) mass is 275 g/mol. The van der Waals surface area contributed by atoms with Gasteiger partial charge in [-0.2, -0.15) is 0 Å².